The van der Waals surface area contributed by atoms with Crippen molar-refractivity contribution in [3.63, 3.8) is 0 Å². The van der Waals surface area contributed by atoms with E-state index in [2.05, 4.69) is 4.98 Å². The van der Waals surface area contributed by atoms with E-state index in [0.29, 0.717) is 17.0 Å². The molecule has 0 aromatic carbocycles. The van der Waals surface area contributed by atoms with Crippen LogP contribution in [0, 0.1) is 24.7 Å². The van der Waals surface area contributed by atoms with Crippen molar-refractivity contribution in [1.82, 2.24) is 4.98 Å². The summed E-state index contributed by atoms with van der Waals surface area (Å²) in [6.07, 6.45) is 2.12. The van der Waals surface area contributed by atoms with Gasteiger partial charge in [0, 0.05) is 11.1 Å². The summed E-state index contributed by atoms with van der Waals surface area (Å²) in [7, 11) is 0. The van der Waals surface area contributed by atoms with Gasteiger partial charge in [0.2, 0.25) is 0 Å². The molecule has 22 heavy (non-hydrogen) atoms. The molecule has 0 bridgehead atoms. The Morgan fingerprint density at radius 1 is 1.55 bits per heavy atom. The van der Waals surface area contributed by atoms with Crippen molar-refractivity contribution in [2.75, 3.05) is 0 Å². The number of aldehydes is 1. The topological polar surface area (TPSA) is 76.5 Å². The van der Waals surface area contributed by atoms with Crippen molar-refractivity contribution in [2.24, 2.45) is 17.8 Å². The first-order valence-electron chi connectivity index (χ1n) is 7.52. The summed E-state index contributed by atoms with van der Waals surface area (Å²) in [4.78, 5) is 28.5. The number of aliphatic hydroxyl groups is 1. The summed E-state index contributed by atoms with van der Waals surface area (Å²) in [6.45, 7) is 3.84. The van der Waals surface area contributed by atoms with Gasteiger partial charge in [0.1, 0.15) is 17.4 Å². The molecule has 0 spiro atoms. The van der Waals surface area contributed by atoms with Crippen LogP contribution in [0.2, 0.25) is 0 Å². The summed E-state index contributed by atoms with van der Waals surface area (Å²) in [6, 6.07) is 0. The van der Waals surface area contributed by atoms with Crippen molar-refractivity contribution < 1.29 is 19.4 Å². The normalized spacial score (nSPS) is 34.6. The maximum atomic E-state index is 12.8. The van der Waals surface area contributed by atoms with Crippen molar-refractivity contribution >= 4 is 29.0 Å². The third kappa shape index (κ3) is 2.40. The van der Waals surface area contributed by atoms with Gasteiger partial charge in [-0.05, 0) is 19.3 Å². The third-order valence-electron chi connectivity index (χ3n) is 4.69. The van der Waals surface area contributed by atoms with E-state index in [4.69, 9.17) is 4.74 Å². The molecule has 5 atom stereocenters. The number of Topliss-reactive ketones (excluding diaryl/α,β-unsaturated/α-hetero) is 1. The van der Waals surface area contributed by atoms with Crippen molar-refractivity contribution in [2.45, 2.75) is 38.9 Å². The smallest absolute Gasteiger partial charge is 0.175 e. The van der Waals surface area contributed by atoms with E-state index < -0.39 is 18.1 Å². The molecule has 0 saturated heterocycles. The van der Waals surface area contributed by atoms with Crippen LogP contribution in [0.15, 0.2) is 11.6 Å². The van der Waals surface area contributed by atoms with Gasteiger partial charge in [0.05, 0.1) is 29.8 Å². The van der Waals surface area contributed by atoms with E-state index in [1.165, 1.54) is 17.6 Å². The highest BCUT2D eigenvalue weighted by Gasteiger charge is 2.49. The zero-order valence-electron chi connectivity index (χ0n) is 12.6. The number of aryl methyl sites for hydroxylation is 1. The highest BCUT2D eigenvalue weighted by atomic mass is 32.1. The van der Waals surface area contributed by atoms with Gasteiger partial charge >= 0.3 is 0 Å². The Morgan fingerprint density at radius 3 is 2.91 bits per heavy atom. The van der Waals surface area contributed by atoms with Crippen LogP contribution in [-0.2, 0) is 14.3 Å². The standard InChI is InChI=1S/C16H19NO4S/c1-3-9-4-10-14(20)12(16-17-8(2)7-22-16)6-21-15(10)11(5-18)13(9)19/h5-7,9-11,13,15,19H,3-4H2,1-2H3. The largest absolute Gasteiger partial charge is 0.496 e. The van der Waals surface area contributed by atoms with E-state index in [-0.39, 0.29) is 17.6 Å². The van der Waals surface area contributed by atoms with Crippen LogP contribution in [0.4, 0.5) is 0 Å². The summed E-state index contributed by atoms with van der Waals surface area (Å²) < 4.78 is 5.69. The number of allylic oxidation sites excluding steroid dienone is 1. The van der Waals surface area contributed by atoms with Gasteiger partial charge in [-0.1, -0.05) is 13.3 Å². The Morgan fingerprint density at radius 2 is 2.32 bits per heavy atom. The molecule has 2 aliphatic rings. The predicted molar refractivity (Wildman–Crippen MR) is 82.2 cm³/mol. The van der Waals surface area contributed by atoms with E-state index in [0.717, 1.165) is 18.4 Å². The quantitative estimate of drug-likeness (QED) is 0.862. The summed E-state index contributed by atoms with van der Waals surface area (Å²) in [5, 5.41) is 12.8. The van der Waals surface area contributed by atoms with Crippen LogP contribution in [0.1, 0.15) is 30.5 Å². The van der Waals surface area contributed by atoms with Crippen molar-refractivity contribution in [3.8, 4) is 0 Å². The van der Waals surface area contributed by atoms with Crippen LogP contribution < -0.4 is 0 Å². The van der Waals surface area contributed by atoms with Gasteiger partial charge < -0.3 is 14.6 Å². The molecule has 6 heteroatoms. The van der Waals surface area contributed by atoms with Gasteiger partial charge in [0.25, 0.3) is 0 Å². The molecule has 2 heterocycles. The first-order chi connectivity index (χ1) is 10.6. The van der Waals surface area contributed by atoms with E-state index in [9.17, 15) is 14.7 Å². The molecule has 0 amide bonds. The molecule has 1 aromatic heterocycles. The molecule has 5 nitrogen and oxygen atoms in total. The minimum absolute atomic E-state index is 0.0252. The zero-order valence-corrected chi connectivity index (χ0v) is 13.4. The highest BCUT2D eigenvalue weighted by Crippen LogP contribution is 2.42. The number of hydrogen-bond donors (Lipinski definition) is 1. The number of ketones is 1. The van der Waals surface area contributed by atoms with E-state index in [1.54, 1.807) is 0 Å². The Kier molecular flexibility index (Phi) is 4.14. The lowest BCUT2D eigenvalue weighted by Gasteiger charge is -2.43. The Balaban J connectivity index is 1.93. The molecule has 1 aliphatic carbocycles. The van der Waals surface area contributed by atoms with Gasteiger partial charge in [-0.25, -0.2) is 4.98 Å². The summed E-state index contributed by atoms with van der Waals surface area (Å²) >= 11 is 1.41. The number of carbonyl (C=O) groups excluding carboxylic acids is 2. The molecule has 5 unspecified atom stereocenters. The fraction of sp³-hybridized carbons (Fsp3) is 0.562. The second-order valence-corrected chi connectivity index (χ2v) is 6.86. The van der Waals surface area contributed by atoms with Crippen LogP contribution in [0.25, 0.3) is 5.57 Å². The first kappa shape index (κ1) is 15.4. The molecule has 1 saturated carbocycles. The number of ether oxygens (including phenoxy) is 1. The number of aliphatic hydroxyl groups excluding tert-OH is 1. The number of hydrogen-bond acceptors (Lipinski definition) is 6. The van der Waals surface area contributed by atoms with Crippen molar-refractivity contribution in [3.05, 3.63) is 22.3 Å². The monoisotopic (exact) mass is 321 g/mol. The summed E-state index contributed by atoms with van der Waals surface area (Å²) in [5.41, 5.74) is 1.35. The highest BCUT2D eigenvalue weighted by molar-refractivity contribution is 7.11. The molecule has 0 radical (unpaired) electrons. The predicted octanol–water partition coefficient (Wildman–Crippen LogP) is 1.98. The zero-order chi connectivity index (χ0) is 15.9. The first-order valence-corrected chi connectivity index (χ1v) is 8.40. The molecule has 3 rings (SSSR count). The number of nitrogens with zero attached hydrogens (tertiary/aromatic N) is 1. The van der Waals surface area contributed by atoms with E-state index >= 15 is 0 Å². The van der Waals surface area contributed by atoms with Gasteiger partial charge in [0.15, 0.2) is 5.78 Å². The number of thiazole rings is 1. The second kappa shape index (κ2) is 5.93. The fourth-order valence-electron chi connectivity index (χ4n) is 3.42. The number of carbonyl (C=O) groups is 2. The second-order valence-electron chi connectivity index (χ2n) is 6.01. The van der Waals surface area contributed by atoms with Crippen LogP contribution >= 0.6 is 11.3 Å². The molecule has 1 aliphatic heterocycles. The Labute approximate surface area is 133 Å². The maximum absolute atomic E-state index is 12.8. The number of rotatable bonds is 3. The lowest BCUT2D eigenvalue weighted by molar-refractivity contribution is -0.144. The molecule has 1 fully saturated rings. The minimum atomic E-state index is -0.742. The third-order valence-corrected chi connectivity index (χ3v) is 5.68. The average Bonchev–Trinajstić information content (AvgIpc) is 2.93. The van der Waals surface area contributed by atoms with Gasteiger partial charge in [-0.15, -0.1) is 11.3 Å². The molecule has 1 aromatic rings. The number of aromatic nitrogens is 1. The molecule has 118 valence electrons. The van der Waals surface area contributed by atoms with Crippen molar-refractivity contribution in [1.29, 1.82) is 0 Å². The summed E-state index contributed by atoms with van der Waals surface area (Å²) in [5.74, 6) is -1.11. The maximum Gasteiger partial charge on any atom is 0.175 e. The molecule has 1 N–H and O–H groups in total. The van der Waals surface area contributed by atoms with Gasteiger partial charge in [-0.2, -0.15) is 0 Å². The lowest BCUT2D eigenvalue weighted by Crippen LogP contribution is -2.52. The lowest BCUT2D eigenvalue weighted by atomic mass is 9.68. The van der Waals surface area contributed by atoms with Gasteiger partial charge in [-0.3, -0.25) is 4.79 Å². The minimum Gasteiger partial charge on any atom is -0.496 e. The SMILES string of the molecule is CCC1CC2C(=O)C(c3nc(C)cs3)=COC2C(C=O)C1O. The van der Waals surface area contributed by atoms with Crippen LogP contribution in [0.3, 0.4) is 0 Å². The fourth-order valence-corrected chi connectivity index (χ4v) is 4.23. The number of fused-ring (bicyclic) bond motifs is 1. The van der Waals surface area contributed by atoms with Crippen LogP contribution in [-0.4, -0.2) is 34.4 Å². The Bertz CT molecular complexity index is 623. The molecular formula is C16H19NO4S. The van der Waals surface area contributed by atoms with E-state index in [1.807, 2.05) is 19.2 Å². The average molecular weight is 321 g/mol. The molecular weight excluding hydrogens is 302 g/mol. The Hall–Kier alpha value is -1.53. The van der Waals surface area contributed by atoms with Crippen LogP contribution in [0.5, 0.6) is 0 Å².